The normalized spacial score (nSPS) is 15.2. The summed E-state index contributed by atoms with van der Waals surface area (Å²) in [6.07, 6.45) is 6.22. The molecule has 1 amide bonds. The molecule has 2 N–H and O–H groups in total. The van der Waals surface area contributed by atoms with Crippen molar-refractivity contribution < 1.29 is 9.69 Å². The van der Waals surface area contributed by atoms with Gasteiger partial charge in [-0.05, 0) is 35.6 Å². The van der Waals surface area contributed by atoms with E-state index in [4.69, 9.17) is 0 Å². The lowest BCUT2D eigenvalue weighted by molar-refractivity contribution is -0.901. The first-order valence-electron chi connectivity index (χ1n) is 8.62. The quantitative estimate of drug-likeness (QED) is 0.778. The second-order valence-corrected chi connectivity index (χ2v) is 7.42. The number of carbonyl (C=O) groups is 1. The third-order valence-corrected chi connectivity index (χ3v) is 5.53. The van der Waals surface area contributed by atoms with Gasteiger partial charge in [0.05, 0.1) is 13.1 Å². The third kappa shape index (κ3) is 4.79. The van der Waals surface area contributed by atoms with Gasteiger partial charge in [-0.2, -0.15) is 0 Å². The zero-order valence-electron chi connectivity index (χ0n) is 14.2. The summed E-state index contributed by atoms with van der Waals surface area (Å²) in [5, 5.41) is 4.99. The lowest BCUT2D eigenvalue weighted by Gasteiger charge is -2.12. The second kappa shape index (κ2) is 8.27. The van der Waals surface area contributed by atoms with Crippen LogP contribution in [0.4, 0.5) is 0 Å². The van der Waals surface area contributed by atoms with E-state index in [0.29, 0.717) is 6.54 Å². The molecular formula is C20H25N2OS+. The molecule has 2 aromatic rings. The highest BCUT2D eigenvalue weighted by Gasteiger charge is 2.15. The number of aryl methyl sites for hydroxylation is 1. The van der Waals surface area contributed by atoms with Crippen LogP contribution in [0.5, 0.6) is 0 Å². The average Bonchev–Trinajstić information content (AvgIpc) is 3.24. The predicted molar refractivity (Wildman–Crippen MR) is 100 cm³/mol. The summed E-state index contributed by atoms with van der Waals surface area (Å²) in [5.41, 5.74) is 3.74. The summed E-state index contributed by atoms with van der Waals surface area (Å²) in [7, 11) is 0. The molecule has 1 fully saturated rings. The van der Waals surface area contributed by atoms with Gasteiger partial charge in [-0.1, -0.05) is 24.3 Å². The van der Waals surface area contributed by atoms with Crippen LogP contribution in [0.2, 0.25) is 0 Å². The first kappa shape index (κ1) is 16.9. The van der Waals surface area contributed by atoms with E-state index in [1.165, 1.54) is 37.1 Å². The van der Waals surface area contributed by atoms with E-state index in [9.17, 15) is 4.79 Å². The molecule has 3 rings (SSSR count). The molecule has 1 aliphatic rings. The van der Waals surface area contributed by atoms with Gasteiger partial charge in [0.1, 0.15) is 6.54 Å². The Balaban J connectivity index is 1.46. The number of likely N-dealkylation sites (tertiary alicyclic amines) is 1. The van der Waals surface area contributed by atoms with Crippen molar-refractivity contribution in [1.82, 2.24) is 5.32 Å². The van der Waals surface area contributed by atoms with Crippen molar-refractivity contribution in [2.45, 2.75) is 32.9 Å². The topological polar surface area (TPSA) is 33.5 Å². The maximum Gasteiger partial charge on any atom is 0.244 e. The van der Waals surface area contributed by atoms with Gasteiger partial charge in [0.15, 0.2) is 0 Å². The Kier molecular flexibility index (Phi) is 5.83. The molecule has 0 radical (unpaired) electrons. The van der Waals surface area contributed by atoms with Crippen molar-refractivity contribution in [2.75, 3.05) is 13.1 Å². The number of rotatable bonds is 6. The van der Waals surface area contributed by atoms with E-state index in [0.717, 1.165) is 17.0 Å². The van der Waals surface area contributed by atoms with Gasteiger partial charge >= 0.3 is 0 Å². The molecule has 0 aliphatic carbocycles. The summed E-state index contributed by atoms with van der Waals surface area (Å²) in [5.74, 6) is -0.0478. The molecule has 3 nitrogen and oxygen atoms in total. The fraction of sp³-hybridized carbons (Fsp3) is 0.350. The Bertz CT molecular complexity index is 697. The fourth-order valence-electron chi connectivity index (χ4n) is 3.07. The minimum Gasteiger partial charge on any atom is -0.348 e. The SMILES string of the molecule is Cc1ccsc1/C=C/C(=O)NCc1ccc(C[NH+]2CCCC2)cc1. The summed E-state index contributed by atoms with van der Waals surface area (Å²) in [6, 6.07) is 10.7. The molecule has 2 heterocycles. The minimum absolute atomic E-state index is 0.0478. The van der Waals surface area contributed by atoms with Gasteiger partial charge in [-0.3, -0.25) is 4.79 Å². The molecule has 0 atom stereocenters. The van der Waals surface area contributed by atoms with Crippen LogP contribution in [0, 0.1) is 6.92 Å². The summed E-state index contributed by atoms with van der Waals surface area (Å²) >= 11 is 1.65. The van der Waals surface area contributed by atoms with Crippen LogP contribution in [0.25, 0.3) is 6.08 Å². The minimum atomic E-state index is -0.0478. The van der Waals surface area contributed by atoms with Crippen molar-refractivity contribution in [2.24, 2.45) is 0 Å². The number of nitrogens with one attached hydrogen (secondary N) is 2. The Labute approximate surface area is 148 Å². The number of benzene rings is 1. The summed E-state index contributed by atoms with van der Waals surface area (Å²) in [6.45, 7) is 6.35. The molecule has 0 bridgehead atoms. The van der Waals surface area contributed by atoms with Gasteiger partial charge in [-0.25, -0.2) is 0 Å². The van der Waals surface area contributed by atoms with E-state index in [-0.39, 0.29) is 5.91 Å². The molecule has 4 heteroatoms. The summed E-state index contributed by atoms with van der Waals surface area (Å²) < 4.78 is 0. The van der Waals surface area contributed by atoms with Crippen LogP contribution in [0.1, 0.15) is 34.4 Å². The van der Waals surface area contributed by atoms with Crippen molar-refractivity contribution in [3.63, 3.8) is 0 Å². The van der Waals surface area contributed by atoms with E-state index in [2.05, 4.69) is 42.6 Å². The molecular weight excluding hydrogens is 316 g/mol. The van der Waals surface area contributed by atoms with Crippen LogP contribution in [-0.4, -0.2) is 19.0 Å². The van der Waals surface area contributed by atoms with Gasteiger partial charge in [-0.15, -0.1) is 11.3 Å². The van der Waals surface area contributed by atoms with Crippen molar-refractivity contribution >= 4 is 23.3 Å². The fourth-order valence-corrected chi connectivity index (χ4v) is 3.89. The number of carbonyl (C=O) groups excluding carboxylic acids is 1. The third-order valence-electron chi connectivity index (χ3n) is 4.54. The molecule has 0 spiro atoms. The van der Waals surface area contributed by atoms with Crippen LogP contribution in [0.15, 0.2) is 41.8 Å². The number of thiophene rings is 1. The highest BCUT2D eigenvalue weighted by molar-refractivity contribution is 7.11. The molecule has 1 aliphatic heterocycles. The standard InChI is InChI=1S/C20H24N2OS/c1-16-10-13-24-19(16)8-9-20(23)21-14-17-4-6-18(7-5-17)15-22-11-2-3-12-22/h4-10,13H,2-3,11-12,14-15H2,1H3,(H,21,23)/p+1/b9-8+. The van der Waals surface area contributed by atoms with Crippen molar-refractivity contribution in [3.05, 3.63) is 63.4 Å². The van der Waals surface area contributed by atoms with Crippen LogP contribution < -0.4 is 10.2 Å². The molecule has 1 aromatic heterocycles. The van der Waals surface area contributed by atoms with E-state index >= 15 is 0 Å². The number of hydrogen-bond acceptors (Lipinski definition) is 2. The van der Waals surface area contributed by atoms with Gasteiger partial charge in [0, 0.05) is 35.9 Å². The predicted octanol–water partition coefficient (Wildman–Crippen LogP) is 2.56. The zero-order valence-corrected chi connectivity index (χ0v) is 15.0. The van der Waals surface area contributed by atoms with E-state index in [1.54, 1.807) is 22.3 Å². The Hall–Kier alpha value is -1.91. The highest BCUT2D eigenvalue weighted by atomic mass is 32.1. The first-order valence-corrected chi connectivity index (χ1v) is 9.50. The van der Waals surface area contributed by atoms with Crippen molar-refractivity contribution in [1.29, 1.82) is 0 Å². The Morgan fingerprint density at radius 2 is 1.88 bits per heavy atom. The largest absolute Gasteiger partial charge is 0.348 e. The molecule has 1 aromatic carbocycles. The molecule has 24 heavy (non-hydrogen) atoms. The molecule has 0 unspecified atom stereocenters. The monoisotopic (exact) mass is 341 g/mol. The number of quaternary nitrogens is 1. The Morgan fingerprint density at radius 1 is 1.17 bits per heavy atom. The maximum atomic E-state index is 11.9. The lowest BCUT2D eigenvalue weighted by Crippen LogP contribution is -3.08. The molecule has 1 saturated heterocycles. The average molecular weight is 342 g/mol. The summed E-state index contributed by atoms with van der Waals surface area (Å²) in [4.78, 5) is 14.7. The van der Waals surface area contributed by atoms with Crippen molar-refractivity contribution in [3.8, 4) is 0 Å². The van der Waals surface area contributed by atoms with Crippen LogP contribution >= 0.6 is 11.3 Å². The maximum absolute atomic E-state index is 11.9. The first-order chi connectivity index (χ1) is 11.7. The van der Waals surface area contributed by atoms with E-state index < -0.39 is 0 Å². The van der Waals surface area contributed by atoms with E-state index in [1.807, 2.05) is 11.5 Å². The van der Waals surface area contributed by atoms with Crippen LogP contribution in [-0.2, 0) is 17.9 Å². The van der Waals surface area contributed by atoms with Gasteiger partial charge in [0.2, 0.25) is 5.91 Å². The smallest absolute Gasteiger partial charge is 0.244 e. The Morgan fingerprint density at radius 3 is 2.54 bits per heavy atom. The van der Waals surface area contributed by atoms with Gasteiger partial charge < -0.3 is 10.2 Å². The molecule has 0 saturated carbocycles. The molecule has 126 valence electrons. The highest BCUT2D eigenvalue weighted by Crippen LogP contribution is 2.16. The zero-order chi connectivity index (χ0) is 16.8. The number of amides is 1. The van der Waals surface area contributed by atoms with Crippen LogP contribution in [0.3, 0.4) is 0 Å². The lowest BCUT2D eigenvalue weighted by atomic mass is 10.1. The second-order valence-electron chi connectivity index (χ2n) is 6.47. The number of hydrogen-bond donors (Lipinski definition) is 2. The van der Waals surface area contributed by atoms with Gasteiger partial charge in [0.25, 0.3) is 0 Å².